The van der Waals surface area contributed by atoms with Crippen LogP contribution in [-0.4, -0.2) is 33.5 Å². The Morgan fingerprint density at radius 2 is 2.35 bits per heavy atom. The average Bonchev–Trinajstić information content (AvgIpc) is 3.15. The van der Waals surface area contributed by atoms with Gasteiger partial charge in [0.15, 0.2) is 0 Å². The van der Waals surface area contributed by atoms with Gasteiger partial charge in [-0.05, 0) is 32.4 Å². The number of likely N-dealkylation sites (N-methyl/N-ethyl adjacent to an activating group) is 1. The fourth-order valence-corrected chi connectivity index (χ4v) is 2.39. The molecule has 0 spiro atoms. The number of pyridine rings is 1. The molecule has 0 aromatic carbocycles. The molecule has 0 amide bonds. The van der Waals surface area contributed by atoms with Crippen molar-refractivity contribution in [3.63, 3.8) is 0 Å². The van der Waals surface area contributed by atoms with Gasteiger partial charge in [-0.3, -0.25) is 9.88 Å². The first-order valence-corrected chi connectivity index (χ1v) is 6.01. The molecule has 1 aliphatic carbocycles. The Morgan fingerprint density at radius 1 is 1.65 bits per heavy atom. The highest BCUT2D eigenvalue weighted by atomic mass is 16.4. The topological polar surface area (TPSA) is 53.4 Å². The van der Waals surface area contributed by atoms with Crippen molar-refractivity contribution in [1.82, 2.24) is 9.88 Å². The second kappa shape index (κ2) is 4.45. The first kappa shape index (κ1) is 12.0. The maximum Gasteiger partial charge on any atom is 0.328 e. The molecule has 1 aromatic heterocycles. The Labute approximate surface area is 101 Å². The van der Waals surface area contributed by atoms with E-state index in [-0.39, 0.29) is 0 Å². The SMILES string of the molecule is CCN(C1CC1)C(C)(C(=O)O)c1cccnc1. The van der Waals surface area contributed by atoms with Gasteiger partial charge in [-0.15, -0.1) is 0 Å². The van der Waals surface area contributed by atoms with Crippen molar-refractivity contribution < 1.29 is 9.90 Å². The summed E-state index contributed by atoms with van der Waals surface area (Å²) in [5, 5.41) is 9.59. The lowest BCUT2D eigenvalue weighted by atomic mass is 9.91. The number of carboxylic acids is 1. The lowest BCUT2D eigenvalue weighted by Gasteiger charge is -2.37. The van der Waals surface area contributed by atoms with Crippen LogP contribution in [0, 0.1) is 0 Å². The standard InChI is InChI=1S/C13H18N2O2/c1-3-15(11-6-7-11)13(2,12(16)17)10-5-4-8-14-9-10/h4-5,8-9,11H,3,6-7H2,1-2H3,(H,16,17). The third kappa shape index (κ3) is 2.05. The molecule has 1 unspecified atom stereocenters. The van der Waals surface area contributed by atoms with Gasteiger partial charge in [0, 0.05) is 24.0 Å². The van der Waals surface area contributed by atoms with Crippen molar-refractivity contribution in [1.29, 1.82) is 0 Å². The van der Waals surface area contributed by atoms with Crippen LogP contribution in [0.25, 0.3) is 0 Å². The van der Waals surface area contributed by atoms with Crippen LogP contribution < -0.4 is 0 Å². The zero-order chi connectivity index (χ0) is 12.5. The van der Waals surface area contributed by atoms with E-state index in [0.29, 0.717) is 6.04 Å². The van der Waals surface area contributed by atoms with E-state index in [4.69, 9.17) is 0 Å². The Hall–Kier alpha value is -1.42. The number of carboxylic acid groups (broad SMARTS) is 1. The highest BCUT2D eigenvalue weighted by Gasteiger charge is 2.46. The second-order valence-electron chi connectivity index (χ2n) is 4.64. The number of nitrogens with zero attached hydrogens (tertiary/aromatic N) is 2. The maximum absolute atomic E-state index is 11.7. The smallest absolute Gasteiger partial charge is 0.328 e. The molecule has 0 saturated heterocycles. The molecular weight excluding hydrogens is 216 g/mol. The van der Waals surface area contributed by atoms with Crippen molar-refractivity contribution in [2.24, 2.45) is 0 Å². The Balaban J connectivity index is 2.41. The molecule has 1 saturated carbocycles. The van der Waals surface area contributed by atoms with Gasteiger partial charge in [0.1, 0.15) is 5.54 Å². The minimum Gasteiger partial charge on any atom is -0.480 e. The molecule has 1 aromatic rings. The quantitative estimate of drug-likeness (QED) is 0.845. The summed E-state index contributed by atoms with van der Waals surface area (Å²) in [6.45, 7) is 4.52. The number of rotatable bonds is 5. The van der Waals surface area contributed by atoms with E-state index in [1.807, 2.05) is 13.0 Å². The zero-order valence-electron chi connectivity index (χ0n) is 10.3. The fourth-order valence-electron chi connectivity index (χ4n) is 2.39. The van der Waals surface area contributed by atoms with Gasteiger partial charge in [0.05, 0.1) is 0 Å². The van der Waals surface area contributed by atoms with E-state index >= 15 is 0 Å². The van der Waals surface area contributed by atoms with E-state index in [0.717, 1.165) is 24.9 Å². The summed E-state index contributed by atoms with van der Waals surface area (Å²) in [6.07, 6.45) is 5.51. The van der Waals surface area contributed by atoms with Gasteiger partial charge < -0.3 is 5.11 Å². The predicted octanol–water partition coefficient (Wildman–Crippen LogP) is 1.87. The van der Waals surface area contributed by atoms with Crippen LogP contribution in [0.5, 0.6) is 0 Å². The minimum absolute atomic E-state index is 0.404. The monoisotopic (exact) mass is 234 g/mol. The minimum atomic E-state index is -0.968. The molecule has 1 fully saturated rings. The van der Waals surface area contributed by atoms with E-state index in [2.05, 4.69) is 9.88 Å². The molecule has 1 N–H and O–H groups in total. The van der Waals surface area contributed by atoms with Crippen molar-refractivity contribution in [2.45, 2.75) is 38.3 Å². The summed E-state index contributed by atoms with van der Waals surface area (Å²) < 4.78 is 0. The van der Waals surface area contributed by atoms with Gasteiger partial charge in [0.2, 0.25) is 0 Å². The van der Waals surface area contributed by atoms with Gasteiger partial charge in [0.25, 0.3) is 0 Å². The van der Waals surface area contributed by atoms with E-state index in [9.17, 15) is 9.90 Å². The summed E-state index contributed by atoms with van der Waals surface area (Å²) in [4.78, 5) is 17.8. The lowest BCUT2D eigenvalue weighted by Crippen LogP contribution is -2.51. The molecule has 92 valence electrons. The van der Waals surface area contributed by atoms with Crippen LogP contribution in [0.4, 0.5) is 0 Å². The molecule has 0 aliphatic heterocycles. The van der Waals surface area contributed by atoms with Crippen LogP contribution in [0.1, 0.15) is 32.3 Å². The molecule has 1 heterocycles. The van der Waals surface area contributed by atoms with E-state index in [1.54, 1.807) is 25.4 Å². The number of aliphatic carboxylic acids is 1. The van der Waals surface area contributed by atoms with E-state index in [1.165, 1.54) is 0 Å². The van der Waals surface area contributed by atoms with Crippen molar-refractivity contribution >= 4 is 5.97 Å². The number of hydrogen-bond acceptors (Lipinski definition) is 3. The third-order valence-corrected chi connectivity index (χ3v) is 3.54. The van der Waals surface area contributed by atoms with Crippen LogP contribution in [-0.2, 0) is 10.3 Å². The molecular formula is C13H18N2O2. The summed E-state index contributed by atoms with van der Waals surface area (Å²) >= 11 is 0. The van der Waals surface area contributed by atoms with E-state index < -0.39 is 11.5 Å². The molecule has 1 aliphatic rings. The molecule has 2 rings (SSSR count). The molecule has 17 heavy (non-hydrogen) atoms. The van der Waals surface area contributed by atoms with Crippen LogP contribution in [0.15, 0.2) is 24.5 Å². The highest BCUT2D eigenvalue weighted by Crippen LogP contribution is 2.38. The number of hydrogen-bond donors (Lipinski definition) is 1. The van der Waals surface area contributed by atoms with Crippen LogP contribution >= 0.6 is 0 Å². The normalized spacial score (nSPS) is 19.0. The molecule has 4 heteroatoms. The van der Waals surface area contributed by atoms with Gasteiger partial charge in [-0.2, -0.15) is 0 Å². The maximum atomic E-state index is 11.7. The molecule has 0 bridgehead atoms. The largest absolute Gasteiger partial charge is 0.480 e. The first-order valence-electron chi connectivity index (χ1n) is 6.01. The second-order valence-corrected chi connectivity index (χ2v) is 4.64. The highest BCUT2D eigenvalue weighted by molar-refractivity contribution is 5.80. The Morgan fingerprint density at radius 3 is 2.76 bits per heavy atom. The van der Waals surface area contributed by atoms with Crippen molar-refractivity contribution in [3.05, 3.63) is 30.1 Å². The number of aromatic nitrogens is 1. The molecule has 0 radical (unpaired) electrons. The van der Waals surface area contributed by atoms with Crippen LogP contribution in [0.3, 0.4) is 0 Å². The summed E-state index contributed by atoms with van der Waals surface area (Å²) in [7, 11) is 0. The Kier molecular flexibility index (Phi) is 3.15. The average molecular weight is 234 g/mol. The summed E-state index contributed by atoms with van der Waals surface area (Å²) in [5.41, 5.74) is -0.217. The van der Waals surface area contributed by atoms with Crippen LogP contribution in [0.2, 0.25) is 0 Å². The predicted molar refractivity (Wildman–Crippen MR) is 64.6 cm³/mol. The third-order valence-electron chi connectivity index (χ3n) is 3.54. The fraction of sp³-hybridized carbons (Fsp3) is 0.538. The Bertz CT molecular complexity index is 403. The first-order chi connectivity index (χ1) is 8.10. The van der Waals surface area contributed by atoms with Gasteiger partial charge >= 0.3 is 5.97 Å². The van der Waals surface area contributed by atoms with Crippen molar-refractivity contribution in [3.8, 4) is 0 Å². The summed E-state index contributed by atoms with van der Waals surface area (Å²) in [5.74, 6) is -0.806. The molecule has 1 atom stereocenters. The lowest BCUT2D eigenvalue weighted by molar-refractivity contribution is -0.151. The number of carbonyl (C=O) groups is 1. The molecule has 4 nitrogen and oxygen atoms in total. The zero-order valence-corrected chi connectivity index (χ0v) is 10.3. The van der Waals surface area contributed by atoms with Crippen molar-refractivity contribution in [2.75, 3.05) is 6.54 Å². The van der Waals surface area contributed by atoms with Gasteiger partial charge in [-0.25, -0.2) is 4.79 Å². The summed E-state index contributed by atoms with van der Waals surface area (Å²) in [6, 6.07) is 4.03. The van der Waals surface area contributed by atoms with Gasteiger partial charge in [-0.1, -0.05) is 13.0 Å².